The SMILES string of the molecule is CCOC(=O)Nc1ccc(SSCl)c(SSCl)c1. The standard InChI is InChI=1S/C9H9Cl2NO2S4/c1-2-14-9(13)12-6-3-4-7(15-17-10)8(5-6)16-18-11/h3-5H,2H2,1H3,(H,12,13). The van der Waals surface area contributed by atoms with Crippen LogP contribution in [0.2, 0.25) is 0 Å². The van der Waals surface area contributed by atoms with Gasteiger partial charge in [-0.3, -0.25) is 5.32 Å². The zero-order chi connectivity index (χ0) is 13.4. The molecule has 0 aliphatic heterocycles. The normalized spacial score (nSPS) is 10.2. The van der Waals surface area contributed by atoms with E-state index in [2.05, 4.69) is 5.32 Å². The van der Waals surface area contributed by atoms with E-state index in [1.807, 2.05) is 12.1 Å². The van der Waals surface area contributed by atoms with E-state index in [4.69, 9.17) is 26.1 Å². The second kappa shape index (κ2) is 9.39. The lowest BCUT2D eigenvalue weighted by molar-refractivity contribution is 0.168. The van der Waals surface area contributed by atoms with Crippen molar-refractivity contribution in [2.45, 2.75) is 16.7 Å². The van der Waals surface area contributed by atoms with Crippen LogP contribution in [-0.4, -0.2) is 12.7 Å². The predicted molar refractivity (Wildman–Crippen MR) is 85.7 cm³/mol. The summed E-state index contributed by atoms with van der Waals surface area (Å²) in [5, 5.41) is 2.64. The highest BCUT2D eigenvalue weighted by atomic mass is 35.7. The van der Waals surface area contributed by atoms with E-state index in [1.165, 1.54) is 21.6 Å². The van der Waals surface area contributed by atoms with Gasteiger partial charge in [0.1, 0.15) is 0 Å². The number of amides is 1. The average Bonchev–Trinajstić information content (AvgIpc) is 2.33. The number of carbonyl (C=O) groups is 1. The Bertz CT molecular complexity index is 408. The number of rotatable bonds is 6. The molecule has 9 heteroatoms. The van der Waals surface area contributed by atoms with Gasteiger partial charge in [-0.1, -0.05) is 0 Å². The molecule has 1 N–H and O–H groups in total. The Balaban J connectivity index is 2.81. The average molecular weight is 362 g/mol. The van der Waals surface area contributed by atoms with Gasteiger partial charge < -0.3 is 4.74 Å². The Kier molecular flexibility index (Phi) is 8.62. The first-order valence-corrected chi connectivity index (χ1v) is 10.6. The number of anilines is 1. The molecule has 0 heterocycles. The highest BCUT2D eigenvalue weighted by Gasteiger charge is 2.08. The van der Waals surface area contributed by atoms with Crippen LogP contribution in [0.4, 0.5) is 10.5 Å². The Labute approximate surface area is 130 Å². The molecule has 1 aromatic rings. The van der Waals surface area contributed by atoms with E-state index < -0.39 is 6.09 Å². The van der Waals surface area contributed by atoms with Gasteiger partial charge in [0.2, 0.25) is 0 Å². The first-order valence-electron chi connectivity index (χ1n) is 4.69. The van der Waals surface area contributed by atoms with Gasteiger partial charge in [-0.15, -0.1) is 0 Å². The largest absolute Gasteiger partial charge is 0.450 e. The van der Waals surface area contributed by atoms with Gasteiger partial charge >= 0.3 is 6.09 Å². The molecule has 0 atom stereocenters. The van der Waals surface area contributed by atoms with Crippen LogP contribution in [0.25, 0.3) is 0 Å². The number of benzene rings is 1. The first kappa shape index (κ1) is 16.5. The fourth-order valence-electron chi connectivity index (χ4n) is 1.07. The summed E-state index contributed by atoms with van der Waals surface area (Å²) >= 11 is 0. The van der Waals surface area contributed by atoms with E-state index in [0.29, 0.717) is 12.3 Å². The quantitative estimate of drug-likeness (QED) is 0.622. The topological polar surface area (TPSA) is 38.3 Å². The van der Waals surface area contributed by atoms with Crippen LogP contribution in [0.5, 0.6) is 0 Å². The summed E-state index contributed by atoms with van der Waals surface area (Å²) in [7, 11) is 16.3. The van der Waals surface area contributed by atoms with E-state index in [0.717, 1.165) is 29.8 Å². The number of halogens is 2. The minimum absolute atomic E-state index is 0.335. The van der Waals surface area contributed by atoms with Crippen LogP contribution in [0.1, 0.15) is 6.92 Å². The van der Waals surface area contributed by atoms with Crippen molar-refractivity contribution in [1.29, 1.82) is 0 Å². The zero-order valence-corrected chi connectivity index (χ0v) is 13.9. The summed E-state index contributed by atoms with van der Waals surface area (Å²) in [5.74, 6) is 0. The highest BCUT2D eigenvalue weighted by Crippen LogP contribution is 2.45. The van der Waals surface area contributed by atoms with Crippen LogP contribution in [0, 0.1) is 0 Å². The fraction of sp³-hybridized carbons (Fsp3) is 0.222. The van der Waals surface area contributed by atoms with E-state index >= 15 is 0 Å². The molecule has 0 spiro atoms. The van der Waals surface area contributed by atoms with Crippen molar-refractivity contribution in [3.05, 3.63) is 18.2 Å². The van der Waals surface area contributed by atoms with E-state index in [-0.39, 0.29) is 0 Å². The molecule has 0 aliphatic carbocycles. The van der Waals surface area contributed by atoms with Crippen LogP contribution in [0.15, 0.2) is 28.0 Å². The zero-order valence-electron chi connectivity index (χ0n) is 9.14. The second-order valence-corrected chi connectivity index (χ2v) is 8.29. The van der Waals surface area contributed by atoms with Crippen molar-refractivity contribution < 1.29 is 9.53 Å². The molecule has 1 rings (SSSR count). The van der Waals surface area contributed by atoms with E-state index in [9.17, 15) is 4.79 Å². The molecule has 3 nitrogen and oxygen atoms in total. The molecule has 0 radical (unpaired) electrons. The lowest BCUT2D eigenvalue weighted by Gasteiger charge is -2.09. The van der Waals surface area contributed by atoms with Crippen molar-refractivity contribution >= 4 is 74.7 Å². The van der Waals surface area contributed by atoms with Gasteiger partial charge in [-0.2, -0.15) is 0 Å². The Morgan fingerprint density at radius 2 is 1.94 bits per heavy atom. The first-order chi connectivity index (χ1) is 8.71. The molecule has 0 aliphatic rings. The number of hydrogen-bond acceptors (Lipinski definition) is 6. The highest BCUT2D eigenvalue weighted by molar-refractivity contribution is 8.86. The minimum Gasteiger partial charge on any atom is -0.450 e. The maximum Gasteiger partial charge on any atom is 0.411 e. The van der Waals surface area contributed by atoms with Gasteiger partial charge in [-0.25, -0.2) is 4.79 Å². The van der Waals surface area contributed by atoms with Gasteiger partial charge in [0.15, 0.2) is 0 Å². The Morgan fingerprint density at radius 3 is 2.56 bits per heavy atom. The van der Waals surface area contributed by atoms with Crippen molar-refractivity contribution in [1.82, 2.24) is 0 Å². The van der Waals surface area contributed by atoms with Crippen LogP contribution >= 0.6 is 63.0 Å². The Morgan fingerprint density at radius 1 is 1.28 bits per heavy atom. The lowest BCUT2D eigenvalue weighted by Crippen LogP contribution is -2.13. The lowest BCUT2D eigenvalue weighted by atomic mass is 10.3. The van der Waals surface area contributed by atoms with Crippen LogP contribution in [-0.2, 0) is 4.74 Å². The molecule has 1 amide bonds. The van der Waals surface area contributed by atoms with Crippen molar-refractivity contribution in [3.8, 4) is 0 Å². The summed E-state index contributed by atoms with van der Waals surface area (Å²) in [6.45, 7) is 2.09. The summed E-state index contributed by atoms with van der Waals surface area (Å²) in [4.78, 5) is 13.2. The molecule has 0 fully saturated rings. The molecular formula is C9H9Cl2NO2S4. The minimum atomic E-state index is -0.473. The number of nitrogens with one attached hydrogen (secondary N) is 1. The number of carbonyl (C=O) groups excluding carboxylic acids is 1. The summed E-state index contributed by atoms with van der Waals surface area (Å²) in [5.41, 5.74) is 0.658. The Hall–Kier alpha value is 0.470. The van der Waals surface area contributed by atoms with Gasteiger partial charge in [0, 0.05) is 35.5 Å². The predicted octanol–water partition coefficient (Wildman–Crippen LogP) is 6.04. The molecule has 0 saturated heterocycles. The molecule has 18 heavy (non-hydrogen) atoms. The molecule has 100 valence electrons. The summed E-state index contributed by atoms with van der Waals surface area (Å²) in [6, 6.07) is 5.48. The molecule has 0 bridgehead atoms. The second-order valence-electron chi connectivity index (χ2n) is 2.80. The third-order valence-corrected chi connectivity index (χ3v) is 5.61. The smallest absolute Gasteiger partial charge is 0.411 e. The monoisotopic (exact) mass is 361 g/mol. The number of hydrogen-bond donors (Lipinski definition) is 1. The molecular weight excluding hydrogens is 353 g/mol. The number of ether oxygens (including phenoxy) is 1. The van der Waals surface area contributed by atoms with Gasteiger partial charge in [-0.05, 0) is 68.1 Å². The maximum atomic E-state index is 11.3. The van der Waals surface area contributed by atoms with E-state index in [1.54, 1.807) is 13.0 Å². The molecule has 0 saturated carbocycles. The maximum absolute atomic E-state index is 11.3. The fourth-order valence-corrected chi connectivity index (χ4v) is 4.84. The van der Waals surface area contributed by atoms with Crippen molar-refractivity contribution in [2.75, 3.05) is 11.9 Å². The van der Waals surface area contributed by atoms with Crippen LogP contribution in [0.3, 0.4) is 0 Å². The van der Waals surface area contributed by atoms with Gasteiger partial charge in [0.05, 0.1) is 6.61 Å². The van der Waals surface area contributed by atoms with Gasteiger partial charge in [0.25, 0.3) is 0 Å². The molecule has 1 aromatic carbocycles. The molecule has 0 unspecified atom stereocenters. The van der Waals surface area contributed by atoms with Crippen LogP contribution < -0.4 is 5.32 Å². The summed E-state index contributed by atoms with van der Waals surface area (Å²) < 4.78 is 4.80. The third kappa shape index (κ3) is 5.63. The third-order valence-electron chi connectivity index (χ3n) is 1.71. The molecule has 0 aromatic heterocycles. The van der Waals surface area contributed by atoms with Crippen molar-refractivity contribution in [2.24, 2.45) is 0 Å². The van der Waals surface area contributed by atoms with Crippen molar-refractivity contribution in [3.63, 3.8) is 0 Å². The summed E-state index contributed by atoms with van der Waals surface area (Å²) in [6.07, 6.45) is -0.473.